The summed E-state index contributed by atoms with van der Waals surface area (Å²) >= 11 is 15.7. The minimum absolute atomic E-state index is 0.479. The van der Waals surface area contributed by atoms with Gasteiger partial charge in [-0.25, -0.2) is 0 Å². The molecule has 0 amide bonds. The summed E-state index contributed by atoms with van der Waals surface area (Å²) in [5, 5.41) is 4.62. The van der Waals surface area contributed by atoms with Crippen molar-refractivity contribution >= 4 is 44.8 Å². The number of halogens is 3. The van der Waals surface area contributed by atoms with E-state index >= 15 is 0 Å². The molecule has 88 valence electrons. The summed E-state index contributed by atoms with van der Waals surface area (Å²) in [6.07, 6.45) is 0. The second-order valence-corrected chi connectivity index (χ2v) is 5.61. The summed E-state index contributed by atoms with van der Waals surface area (Å²) in [5.74, 6) is 0. The van der Waals surface area contributed by atoms with Crippen LogP contribution in [0, 0.1) is 0 Å². The van der Waals surface area contributed by atoms with Gasteiger partial charge in [-0.15, -0.1) is 0 Å². The Balaban J connectivity index is 2.29. The Morgan fingerprint density at radius 1 is 1.38 bits per heavy atom. The highest BCUT2D eigenvalue weighted by Gasteiger charge is 2.19. The quantitative estimate of drug-likeness (QED) is 0.795. The molecule has 0 spiro atoms. The Hall–Kier alpha value is 0.0400. The largest absolute Gasteiger partial charge is 0.367 e. The fourth-order valence-corrected chi connectivity index (χ4v) is 2.80. The van der Waals surface area contributed by atoms with Crippen LogP contribution in [0.2, 0.25) is 10.0 Å². The molecule has 0 aliphatic carbocycles. The summed E-state index contributed by atoms with van der Waals surface area (Å²) in [6.45, 7) is 5.06. The van der Waals surface area contributed by atoms with Crippen molar-refractivity contribution in [1.29, 1.82) is 0 Å². The van der Waals surface area contributed by atoms with Crippen molar-refractivity contribution in [2.24, 2.45) is 0 Å². The molecule has 1 fully saturated rings. The summed E-state index contributed by atoms with van der Waals surface area (Å²) in [6, 6.07) is 4.43. The van der Waals surface area contributed by atoms with E-state index in [1.807, 2.05) is 12.1 Å². The van der Waals surface area contributed by atoms with Gasteiger partial charge in [0.25, 0.3) is 0 Å². The molecular weight excluding hydrogens is 311 g/mol. The van der Waals surface area contributed by atoms with Crippen LogP contribution in [0.5, 0.6) is 0 Å². The Kier molecular flexibility index (Phi) is 4.01. The van der Waals surface area contributed by atoms with Crippen LogP contribution in [0.25, 0.3) is 0 Å². The zero-order valence-corrected chi connectivity index (χ0v) is 12.0. The van der Waals surface area contributed by atoms with E-state index in [4.69, 9.17) is 23.2 Å². The predicted molar refractivity (Wildman–Crippen MR) is 73.8 cm³/mol. The molecule has 0 radical (unpaired) electrons. The van der Waals surface area contributed by atoms with Gasteiger partial charge in [-0.2, -0.15) is 0 Å². The molecule has 1 aliphatic heterocycles. The fraction of sp³-hybridized carbons (Fsp3) is 0.455. The lowest BCUT2D eigenvalue weighted by Crippen LogP contribution is -2.49. The first-order chi connectivity index (χ1) is 7.59. The lowest BCUT2D eigenvalue weighted by Gasteiger charge is -2.34. The summed E-state index contributed by atoms with van der Waals surface area (Å²) < 4.78 is 0.839. The number of nitrogens with one attached hydrogen (secondary N) is 1. The van der Waals surface area contributed by atoms with E-state index < -0.39 is 0 Å². The van der Waals surface area contributed by atoms with Crippen LogP contribution in [0.15, 0.2) is 16.6 Å². The first-order valence-electron chi connectivity index (χ1n) is 5.21. The van der Waals surface area contributed by atoms with E-state index in [-0.39, 0.29) is 0 Å². The van der Waals surface area contributed by atoms with E-state index in [0.29, 0.717) is 16.1 Å². The number of benzene rings is 1. The van der Waals surface area contributed by atoms with Crippen LogP contribution in [0.3, 0.4) is 0 Å². The lowest BCUT2D eigenvalue weighted by molar-refractivity contribution is 0.485. The summed E-state index contributed by atoms with van der Waals surface area (Å²) in [5.41, 5.74) is 1.02. The molecule has 1 saturated heterocycles. The number of rotatable bonds is 1. The predicted octanol–water partition coefficient (Wildman–Crippen LogP) is 3.55. The van der Waals surface area contributed by atoms with Crippen LogP contribution in [-0.2, 0) is 0 Å². The van der Waals surface area contributed by atoms with E-state index in [2.05, 4.69) is 33.1 Å². The molecule has 0 aromatic heterocycles. The highest BCUT2D eigenvalue weighted by Crippen LogP contribution is 2.37. The lowest BCUT2D eigenvalue weighted by atomic mass is 10.2. The first kappa shape index (κ1) is 12.5. The minimum Gasteiger partial charge on any atom is -0.367 e. The van der Waals surface area contributed by atoms with Crippen molar-refractivity contribution in [2.75, 3.05) is 24.5 Å². The number of hydrogen-bond donors (Lipinski definition) is 1. The van der Waals surface area contributed by atoms with E-state index in [1.54, 1.807) is 0 Å². The molecule has 0 saturated carbocycles. The van der Waals surface area contributed by atoms with Crippen molar-refractivity contribution in [3.8, 4) is 0 Å². The molecule has 1 aromatic rings. The Morgan fingerprint density at radius 2 is 2.12 bits per heavy atom. The monoisotopic (exact) mass is 322 g/mol. The number of nitrogens with zero attached hydrogens (tertiary/aromatic N) is 1. The SMILES string of the molecule is CC1CN(c2ccc(Br)c(Cl)c2Cl)CCN1. The second kappa shape index (κ2) is 5.13. The molecule has 1 aromatic carbocycles. The smallest absolute Gasteiger partial charge is 0.0837 e. The van der Waals surface area contributed by atoms with Gasteiger partial charge in [0.05, 0.1) is 15.7 Å². The number of anilines is 1. The fourth-order valence-electron chi connectivity index (χ4n) is 1.91. The van der Waals surface area contributed by atoms with Gasteiger partial charge in [-0.05, 0) is 35.0 Å². The van der Waals surface area contributed by atoms with Crippen molar-refractivity contribution in [2.45, 2.75) is 13.0 Å². The van der Waals surface area contributed by atoms with Gasteiger partial charge in [0, 0.05) is 30.1 Å². The van der Waals surface area contributed by atoms with Crippen molar-refractivity contribution < 1.29 is 0 Å². The van der Waals surface area contributed by atoms with Crippen LogP contribution in [0.4, 0.5) is 5.69 Å². The molecule has 1 unspecified atom stereocenters. The maximum absolute atomic E-state index is 6.26. The first-order valence-corrected chi connectivity index (χ1v) is 6.76. The van der Waals surface area contributed by atoms with E-state index in [1.165, 1.54) is 0 Å². The third kappa shape index (κ3) is 2.48. The molecule has 1 aliphatic rings. The van der Waals surface area contributed by atoms with Crippen LogP contribution >= 0.6 is 39.1 Å². The molecule has 2 rings (SSSR count). The van der Waals surface area contributed by atoms with E-state index in [0.717, 1.165) is 29.8 Å². The second-order valence-electron chi connectivity index (χ2n) is 4.00. The van der Waals surface area contributed by atoms with Gasteiger partial charge in [-0.1, -0.05) is 23.2 Å². The van der Waals surface area contributed by atoms with Crippen molar-refractivity contribution in [3.05, 3.63) is 26.7 Å². The summed E-state index contributed by atoms with van der Waals surface area (Å²) in [7, 11) is 0. The zero-order chi connectivity index (χ0) is 11.7. The maximum Gasteiger partial charge on any atom is 0.0837 e. The molecular formula is C11H13BrCl2N2. The molecule has 1 heterocycles. The third-order valence-corrected chi connectivity index (χ3v) is 4.49. The standard InChI is InChI=1S/C11H13BrCl2N2/c1-7-6-16(5-4-15-7)9-3-2-8(12)10(13)11(9)14/h2-3,7,15H,4-6H2,1H3. The number of hydrogen-bond acceptors (Lipinski definition) is 2. The molecule has 16 heavy (non-hydrogen) atoms. The topological polar surface area (TPSA) is 15.3 Å². The van der Waals surface area contributed by atoms with Crippen molar-refractivity contribution in [1.82, 2.24) is 5.32 Å². The van der Waals surface area contributed by atoms with Gasteiger partial charge in [-0.3, -0.25) is 0 Å². The zero-order valence-electron chi connectivity index (χ0n) is 8.93. The van der Waals surface area contributed by atoms with Gasteiger partial charge in [0.1, 0.15) is 0 Å². The van der Waals surface area contributed by atoms with Gasteiger partial charge in [0.2, 0.25) is 0 Å². The summed E-state index contributed by atoms with van der Waals surface area (Å²) in [4.78, 5) is 2.27. The van der Waals surface area contributed by atoms with Gasteiger partial charge < -0.3 is 10.2 Å². The van der Waals surface area contributed by atoms with Crippen LogP contribution < -0.4 is 10.2 Å². The molecule has 5 heteroatoms. The average Bonchev–Trinajstić information content (AvgIpc) is 2.26. The minimum atomic E-state index is 0.479. The number of piperazine rings is 1. The highest BCUT2D eigenvalue weighted by atomic mass is 79.9. The van der Waals surface area contributed by atoms with Gasteiger partial charge >= 0.3 is 0 Å². The molecule has 1 N–H and O–H groups in total. The highest BCUT2D eigenvalue weighted by molar-refractivity contribution is 9.10. The maximum atomic E-state index is 6.26. The Morgan fingerprint density at radius 3 is 2.81 bits per heavy atom. The van der Waals surface area contributed by atoms with Gasteiger partial charge in [0.15, 0.2) is 0 Å². The van der Waals surface area contributed by atoms with Crippen LogP contribution in [-0.4, -0.2) is 25.7 Å². The normalized spacial score (nSPS) is 21.2. The molecule has 0 bridgehead atoms. The van der Waals surface area contributed by atoms with Crippen molar-refractivity contribution in [3.63, 3.8) is 0 Å². The molecule has 2 nitrogen and oxygen atoms in total. The Labute approximate surface area is 114 Å². The van der Waals surface area contributed by atoms with E-state index in [9.17, 15) is 0 Å². The molecule has 1 atom stereocenters. The third-order valence-electron chi connectivity index (χ3n) is 2.72. The average molecular weight is 324 g/mol. The van der Waals surface area contributed by atoms with Crippen LogP contribution in [0.1, 0.15) is 6.92 Å². The Bertz CT molecular complexity index is 398.